The summed E-state index contributed by atoms with van der Waals surface area (Å²) < 4.78 is 27.4. The fourth-order valence-electron chi connectivity index (χ4n) is 2.77. The molecule has 2 N–H and O–H groups in total. The van der Waals surface area contributed by atoms with E-state index in [1.54, 1.807) is 19.9 Å². The molecule has 0 radical (unpaired) electrons. The number of benzene rings is 1. The second-order valence-electron chi connectivity index (χ2n) is 6.85. The number of carbonyl (C=O) groups excluding carboxylic acids is 3. The van der Waals surface area contributed by atoms with Crippen molar-refractivity contribution in [2.75, 3.05) is 23.7 Å². The van der Waals surface area contributed by atoms with Crippen LogP contribution in [0.4, 0.5) is 19.5 Å². The number of nitrogens with zero attached hydrogens (tertiary/aromatic N) is 1. The van der Waals surface area contributed by atoms with Crippen LogP contribution in [0.3, 0.4) is 0 Å². The van der Waals surface area contributed by atoms with Crippen LogP contribution in [0.1, 0.15) is 35.0 Å². The maximum Gasteiger partial charge on any atom is 0.264 e. The van der Waals surface area contributed by atoms with Crippen LogP contribution in [0.5, 0.6) is 0 Å². The highest BCUT2D eigenvalue weighted by molar-refractivity contribution is 7.18. The fraction of sp³-hybridized carbons (Fsp3) is 0.350. The Morgan fingerprint density at radius 1 is 1.17 bits per heavy atom. The minimum atomic E-state index is -0.891. The van der Waals surface area contributed by atoms with Gasteiger partial charge in [-0.3, -0.25) is 14.4 Å². The molecule has 1 fully saturated rings. The maximum absolute atomic E-state index is 13.7. The predicted octanol–water partition coefficient (Wildman–Crippen LogP) is 3.78. The Morgan fingerprint density at radius 3 is 2.41 bits per heavy atom. The van der Waals surface area contributed by atoms with Gasteiger partial charge in [0.05, 0.1) is 9.88 Å². The van der Waals surface area contributed by atoms with Crippen molar-refractivity contribution in [2.24, 2.45) is 5.92 Å². The van der Waals surface area contributed by atoms with Crippen molar-refractivity contribution in [1.82, 2.24) is 4.90 Å². The topological polar surface area (TPSA) is 78.5 Å². The highest BCUT2D eigenvalue weighted by Gasteiger charge is 2.30. The number of nitrogens with one attached hydrogen (secondary N) is 2. The summed E-state index contributed by atoms with van der Waals surface area (Å²) in [5, 5.41) is 5.57. The number of para-hydroxylation sites is 1. The summed E-state index contributed by atoms with van der Waals surface area (Å²) in [5.74, 6) is -2.88. The van der Waals surface area contributed by atoms with E-state index in [-0.39, 0.29) is 30.8 Å². The summed E-state index contributed by atoms with van der Waals surface area (Å²) in [5.41, 5.74) is 0.142. The molecule has 1 saturated carbocycles. The van der Waals surface area contributed by atoms with Gasteiger partial charge in [0.2, 0.25) is 11.8 Å². The molecule has 2 aromatic rings. The summed E-state index contributed by atoms with van der Waals surface area (Å²) >= 11 is 1.15. The number of hydrogen-bond acceptors (Lipinski definition) is 4. The number of rotatable bonds is 7. The van der Waals surface area contributed by atoms with E-state index in [1.807, 2.05) is 0 Å². The molecule has 0 saturated heterocycles. The van der Waals surface area contributed by atoms with Crippen LogP contribution in [0.15, 0.2) is 24.3 Å². The quantitative estimate of drug-likeness (QED) is 0.714. The van der Waals surface area contributed by atoms with E-state index in [4.69, 9.17) is 0 Å². The van der Waals surface area contributed by atoms with Crippen LogP contribution < -0.4 is 10.6 Å². The SMILES string of the molecule is CCN(CC(=O)Nc1c(F)cccc1F)C(=O)c1sc(NC(=O)C2CC2)cc1C. The van der Waals surface area contributed by atoms with Gasteiger partial charge in [0.25, 0.3) is 5.91 Å². The van der Waals surface area contributed by atoms with Gasteiger partial charge in [-0.2, -0.15) is 0 Å². The third-order valence-corrected chi connectivity index (χ3v) is 5.68. The first-order valence-electron chi connectivity index (χ1n) is 9.24. The van der Waals surface area contributed by atoms with Gasteiger partial charge in [0.1, 0.15) is 23.9 Å². The lowest BCUT2D eigenvalue weighted by Gasteiger charge is -2.20. The van der Waals surface area contributed by atoms with Gasteiger partial charge < -0.3 is 15.5 Å². The standard InChI is InChI=1S/C20H21F2N3O3S/c1-3-25(10-15(26)23-17-13(21)5-4-6-14(17)22)20(28)18-11(2)9-16(29-18)24-19(27)12-7-8-12/h4-6,9,12H,3,7-8,10H2,1-2H3,(H,23,26)(H,24,27). The number of likely N-dealkylation sites (N-methyl/N-ethyl adjacent to an activating group) is 1. The molecule has 1 aliphatic rings. The molecule has 9 heteroatoms. The number of carbonyl (C=O) groups is 3. The van der Waals surface area contributed by atoms with Crippen molar-refractivity contribution in [1.29, 1.82) is 0 Å². The Balaban J connectivity index is 1.67. The van der Waals surface area contributed by atoms with Gasteiger partial charge in [-0.25, -0.2) is 8.78 Å². The average molecular weight is 421 g/mol. The molecule has 154 valence electrons. The number of hydrogen-bond donors (Lipinski definition) is 2. The van der Waals surface area contributed by atoms with Crippen LogP contribution in [-0.2, 0) is 9.59 Å². The lowest BCUT2D eigenvalue weighted by Crippen LogP contribution is -2.38. The van der Waals surface area contributed by atoms with E-state index >= 15 is 0 Å². The van der Waals surface area contributed by atoms with Gasteiger partial charge in [-0.15, -0.1) is 11.3 Å². The zero-order chi connectivity index (χ0) is 21.1. The van der Waals surface area contributed by atoms with E-state index in [2.05, 4.69) is 10.6 Å². The lowest BCUT2D eigenvalue weighted by molar-refractivity contribution is -0.117. The molecular weight excluding hydrogens is 400 g/mol. The first-order valence-corrected chi connectivity index (χ1v) is 10.1. The Hall–Kier alpha value is -2.81. The third-order valence-electron chi connectivity index (χ3n) is 4.54. The first-order chi connectivity index (χ1) is 13.8. The number of anilines is 2. The number of aryl methyl sites for hydroxylation is 1. The van der Waals surface area contributed by atoms with Gasteiger partial charge in [-0.1, -0.05) is 6.07 Å². The van der Waals surface area contributed by atoms with E-state index in [0.717, 1.165) is 36.3 Å². The van der Waals surface area contributed by atoms with Crippen molar-refractivity contribution in [2.45, 2.75) is 26.7 Å². The molecule has 3 rings (SSSR count). The summed E-state index contributed by atoms with van der Waals surface area (Å²) in [6, 6.07) is 4.99. The Morgan fingerprint density at radius 2 is 1.83 bits per heavy atom. The molecule has 3 amide bonds. The molecule has 1 aromatic heterocycles. The largest absolute Gasteiger partial charge is 0.329 e. The second-order valence-corrected chi connectivity index (χ2v) is 7.90. The number of thiophene rings is 1. The Labute approximate surface area is 170 Å². The van der Waals surface area contributed by atoms with E-state index in [9.17, 15) is 23.2 Å². The maximum atomic E-state index is 13.7. The van der Waals surface area contributed by atoms with Crippen molar-refractivity contribution in [3.05, 3.63) is 46.3 Å². The van der Waals surface area contributed by atoms with Crippen molar-refractivity contribution in [3.63, 3.8) is 0 Å². The molecule has 0 atom stereocenters. The summed E-state index contributed by atoms with van der Waals surface area (Å²) in [7, 11) is 0. The van der Waals surface area contributed by atoms with Gasteiger partial charge in [0.15, 0.2) is 0 Å². The molecule has 0 unspecified atom stereocenters. The van der Waals surface area contributed by atoms with Crippen LogP contribution in [0.25, 0.3) is 0 Å². The zero-order valence-corrected chi connectivity index (χ0v) is 16.9. The molecule has 0 bridgehead atoms. The molecule has 0 spiro atoms. The van der Waals surface area contributed by atoms with Crippen molar-refractivity contribution in [3.8, 4) is 0 Å². The van der Waals surface area contributed by atoms with Crippen LogP contribution in [0, 0.1) is 24.5 Å². The van der Waals surface area contributed by atoms with Gasteiger partial charge in [0, 0.05) is 12.5 Å². The van der Waals surface area contributed by atoms with Crippen molar-refractivity contribution >= 4 is 39.7 Å². The lowest BCUT2D eigenvalue weighted by atomic mass is 10.2. The minimum absolute atomic E-state index is 0.0474. The zero-order valence-electron chi connectivity index (χ0n) is 16.1. The van der Waals surface area contributed by atoms with E-state index in [1.165, 1.54) is 11.0 Å². The van der Waals surface area contributed by atoms with Crippen LogP contribution in [-0.4, -0.2) is 35.7 Å². The van der Waals surface area contributed by atoms with Crippen LogP contribution >= 0.6 is 11.3 Å². The Kier molecular flexibility index (Phi) is 6.26. The second kappa shape index (κ2) is 8.69. The molecule has 29 heavy (non-hydrogen) atoms. The van der Waals surface area contributed by atoms with Crippen molar-refractivity contribution < 1.29 is 23.2 Å². The smallest absolute Gasteiger partial charge is 0.264 e. The summed E-state index contributed by atoms with van der Waals surface area (Å²) in [6.45, 7) is 3.32. The molecular formula is C20H21F2N3O3S. The highest BCUT2D eigenvalue weighted by Crippen LogP contribution is 2.33. The molecule has 1 aromatic carbocycles. The summed E-state index contributed by atoms with van der Waals surface area (Å²) in [6.07, 6.45) is 1.76. The molecule has 1 aliphatic carbocycles. The molecule has 1 heterocycles. The van der Waals surface area contributed by atoms with Crippen LogP contribution in [0.2, 0.25) is 0 Å². The first kappa shape index (κ1) is 20.9. The minimum Gasteiger partial charge on any atom is -0.329 e. The Bertz CT molecular complexity index is 936. The normalized spacial score (nSPS) is 13.1. The molecule has 6 nitrogen and oxygen atoms in total. The number of amides is 3. The molecule has 0 aliphatic heterocycles. The number of halogens is 2. The monoisotopic (exact) mass is 421 g/mol. The fourth-order valence-corrected chi connectivity index (χ4v) is 3.81. The van der Waals surface area contributed by atoms with E-state index < -0.39 is 23.2 Å². The highest BCUT2D eigenvalue weighted by atomic mass is 32.1. The van der Waals surface area contributed by atoms with Gasteiger partial charge in [-0.05, 0) is 50.5 Å². The third kappa shape index (κ3) is 4.97. The van der Waals surface area contributed by atoms with E-state index in [0.29, 0.717) is 15.4 Å². The predicted molar refractivity (Wildman–Crippen MR) is 107 cm³/mol. The van der Waals surface area contributed by atoms with Gasteiger partial charge >= 0.3 is 0 Å². The average Bonchev–Trinajstić information content (AvgIpc) is 3.46. The summed E-state index contributed by atoms with van der Waals surface area (Å²) in [4.78, 5) is 38.7.